The average molecular weight is 290 g/mol. The molecule has 2 amide bonds. The molecule has 112 valence electrons. The zero-order valence-corrected chi connectivity index (χ0v) is 11.8. The number of amides is 2. The lowest BCUT2D eigenvalue weighted by atomic mass is 10.1. The lowest BCUT2D eigenvalue weighted by molar-refractivity contribution is -0.120. The topological polar surface area (TPSA) is 67.9 Å². The Bertz CT molecular complexity index is 559. The molecule has 1 N–H and O–H groups in total. The highest BCUT2D eigenvalue weighted by Crippen LogP contribution is 2.30. The minimum absolute atomic E-state index is 0.0102. The van der Waals surface area contributed by atoms with Crippen molar-refractivity contribution < 1.29 is 19.1 Å². The van der Waals surface area contributed by atoms with Crippen LogP contribution >= 0.6 is 0 Å². The molecule has 1 aromatic rings. The molecule has 2 aliphatic rings. The van der Waals surface area contributed by atoms with Crippen LogP contribution in [0.2, 0.25) is 0 Å². The van der Waals surface area contributed by atoms with Crippen molar-refractivity contribution in [2.75, 3.05) is 32.8 Å². The third kappa shape index (κ3) is 3.09. The molecule has 6 heteroatoms. The Hall–Kier alpha value is -2.24. The molecule has 0 aromatic heterocycles. The van der Waals surface area contributed by atoms with E-state index in [9.17, 15) is 9.59 Å². The fraction of sp³-hybridized carbons (Fsp3) is 0.467. The van der Waals surface area contributed by atoms with Crippen LogP contribution in [-0.4, -0.2) is 49.6 Å². The standard InChI is InChI=1S/C15H18N2O4/c18-14-4-6-17(7-5-16-14)15(19)11-2-3-12-13(10-11)21-9-1-8-20-12/h2-3,10H,1,4-9H2,(H,16,18). The van der Waals surface area contributed by atoms with Crippen LogP contribution in [0.4, 0.5) is 0 Å². The van der Waals surface area contributed by atoms with Crippen molar-refractivity contribution in [1.82, 2.24) is 10.2 Å². The number of nitrogens with one attached hydrogen (secondary N) is 1. The van der Waals surface area contributed by atoms with Crippen molar-refractivity contribution >= 4 is 11.8 Å². The number of nitrogens with zero attached hydrogens (tertiary/aromatic N) is 1. The van der Waals surface area contributed by atoms with Gasteiger partial charge < -0.3 is 19.7 Å². The van der Waals surface area contributed by atoms with Gasteiger partial charge in [-0.3, -0.25) is 9.59 Å². The van der Waals surface area contributed by atoms with Crippen LogP contribution in [0, 0.1) is 0 Å². The van der Waals surface area contributed by atoms with Gasteiger partial charge in [0.1, 0.15) is 0 Å². The molecule has 6 nitrogen and oxygen atoms in total. The van der Waals surface area contributed by atoms with Gasteiger partial charge in [0.2, 0.25) is 5.91 Å². The highest BCUT2D eigenvalue weighted by Gasteiger charge is 2.21. The molecule has 0 aliphatic carbocycles. The van der Waals surface area contributed by atoms with Crippen LogP contribution in [0.1, 0.15) is 23.2 Å². The highest BCUT2D eigenvalue weighted by atomic mass is 16.5. The van der Waals surface area contributed by atoms with E-state index in [1.54, 1.807) is 23.1 Å². The van der Waals surface area contributed by atoms with Crippen molar-refractivity contribution in [3.05, 3.63) is 23.8 Å². The molecule has 0 atom stereocenters. The smallest absolute Gasteiger partial charge is 0.254 e. The Balaban J connectivity index is 1.78. The third-order valence-corrected chi connectivity index (χ3v) is 3.59. The van der Waals surface area contributed by atoms with E-state index in [4.69, 9.17) is 9.47 Å². The summed E-state index contributed by atoms with van der Waals surface area (Å²) in [7, 11) is 0. The monoisotopic (exact) mass is 290 g/mol. The Labute approximate surface area is 123 Å². The summed E-state index contributed by atoms with van der Waals surface area (Å²) in [6.45, 7) is 2.68. The summed E-state index contributed by atoms with van der Waals surface area (Å²) < 4.78 is 11.2. The van der Waals surface area contributed by atoms with E-state index in [1.165, 1.54) is 0 Å². The van der Waals surface area contributed by atoms with Crippen LogP contribution in [0.5, 0.6) is 11.5 Å². The van der Waals surface area contributed by atoms with E-state index in [0.29, 0.717) is 56.3 Å². The highest BCUT2D eigenvalue weighted by molar-refractivity contribution is 5.95. The minimum atomic E-state index is -0.0813. The summed E-state index contributed by atoms with van der Waals surface area (Å²) in [4.78, 5) is 25.5. The average Bonchev–Trinajstić information content (AvgIpc) is 2.85. The van der Waals surface area contributed by atoms with Gasteiger partial charge in [-0.1, -0.05) is 0 Å². The number of carbonyl (C=O) groups excluding carboxylic acids is 2. The second-order valence-electron chi connectivity index (χ2n) is 5.10. The predicted molar refractivity (Wildman–Crippen MR) is 75.6 cm³/mol. The van der Waals surface area contributed by atoms with Gasteiger partial charge in [-0.15, -0.1) is 0 Å². The molecule has 1 fully saturated rings. The first-order chi connectivity index (χ1) is 10.2. The van der Waals surface area contributed by atoms with Crippen LogP contribution in [0.15, 0.2) is 18.2 Å². The van der Waals surface area contributed by atoms with Crippen molar-refractivity contribution in [3.8, 4) is 11.5 Å². The molecule has 0 unspecified atom stereocenters. The number of hydrogen-bond acceptors (Lipinski definition) is 4. The quantitative estimate of drug-likeness (QED) is 0.831. The van der Waals surface area contributed by atoms with Crippen LogP contribution in [-0.2, 0) is 4.79 Å². The second-order valence-corrected chi connectivity index (χ2v) is 5.10. The molecule has 0 bridgehead atoms. The summed E-state index contributed by atoms with van der Waals surface area (Å²) in [5.74, 6) is 1.20. The minimum Gasteiger partial charge on any atom is -0.490 e. The lowest BCUT2D eigenvalue weighted by Gasteiger charge is -2.20. The number of ether oxygens (including phenoxy) is 2. The largest absolute Gasteiger partial charge is 0.490 e. The van der Waals surface area contributed by atoms with Crippen LogP contribution < -0.4 is 14.8 Å². The number of rotatable bonds is 1. The Morgan fingerprint density at radius 2 is 1.95 bits per heavy atom. The fourth-order valence-electron chi connectivity index (χ4n) is 2.45. The number of hydrogen-bond donors (Lipinski definition) is 1. The zero-order chi connectivity index (χ0) is 14.7. The van der Waals surface area contributed by atoms with E-state index < -0.39 is 0 Å². The van der Waals surface area contributed by atoms with Crippen molar-refractivity contribution in [3.63, 3.8) is 0 Å². The third-order valence-electron chi connectivity index (χ3n) is 3.59. The molecular formula is C15H18N2O4. The molecule has 0 spiro atoms. The summed E-state index contributed by atoms with van der Waals surface area (Å²) in [5.41, 5.74) is 0.564. The zero-order valence-electron chi connectivity index (χ0n) is 11.8. The van der Waals surface area contributed by atoms with Crippen molar-refractivity contribution in [2.45, 2.75) is 12.8 Å². The Kier molecular flexibility index (Phi) is 3.94. The molecule has 2 aliphatic heterocycles. The molecule has 21 heavy (non-hydrogen) atoms. The Morgan fingerprint density at radius 1 is 1.14 bits per heavy atom. The van der Waals surface area contributed by atoms with Gasteiger partial charge in [0.15, 0.2) is 11.5 Å². The maximum Gasteiger partial charge on any atom is 0.254 e. The van der Waals surface area contributed by atoms with E-state index >= 15 is 0 Å². The van der Waals surface area contributed by atoms with E-state index in [1.807, 2.05) is 0 Å². The van der Waals surface area contributed by atoms with Gasteiger partial charge in [0.05, 0.1) is 13.2 Å². The van der Waals surface area contributed by atoms with E-state index in [-0.39, 0.29) is 11.8 Å². The molecule has 0 radical (unpaired) electrons. The molecule has 1 saturated heterocycles. The normalized spacial score (nSPS) is 18.5. The van der Waals surface area contributed by atoms with Crippen molar-refractivity contribution in [1.29, 1.82) is 0 Å². The van der Waals surface area contributed by atoms with Crippen LogP contribution in [0.3, 0.4) is 0 Å². The number of carbonyl (C=O) groups is 2. The second kappa shape index (κ2) is 6.03. The first-order valence-electron chi connectivity index (χ1n) is 7.20. The van der Waals surface area contributed by atoms with Crippen LogP contribution in [0.25, 0.3) is 0 Å². The maximum absolute atomic E-state index is 12.5. The first kappa shape index (κ1) is 13.7. The van der Waals surface area contributed by atoms with E-state index in [2.05, 4.69) is 5.32 Å². The SMILES string of the molecule is O=C1CCN(C(=O)c2ccc3c(c2)OCCCO3)CCN1. The molecule has 3 rings (SSSR count). The van der Waals surface area contributed by atoms with Crippen molar-refractivity contribution in [2.24, 2.45) is 0 Å². The number of fused-ring (bicyclic) bond motifs is 1. The maximum atomic E-state index is 12.5. The summed E-state index contributed by atoms with van der Waals surface area (Å²) in [6, 6.07) is 5.24. The summed E-state index contributed by atoms with van der Waals surface area (Å²) in [5, 5.41) is 2.76. The van der Waals surface area contributed by atoms with Gasteiger partial charge in [0, 0.05) is 38.0 Å². The molecule has 2 heterocycles. The van der Waals surface area contributed by atoms with Gasteiger partial charge in [0.25, 0.3) is 5.91 Å². The summed E-state index contributed by atoms with van der Waals surface area (Å²) >= 11 is 0. The predicted octanol–water partition coefficient (Wildman–Crippen LogP) is 0.810. The molecular weight excluding hydrogens is 272 g/mol. The van der Waals surface area contributed by atoms with Gasteiger partial charge in [-0.05, 0) is 18.2 Å². The van der Waals surface area contributed by atoms with Gasteiger partial charge in [-0.25, -0.2) is 0 Å². The van der Waals surface area contributed by atoms with Gasteiger partial charge in [-0.2, -0.15) is 0 Å². The molecule has 1 aromatic carbocycles. The molecule has 0 saturated carbocycles. The lowest BCUT2D eigenvalue weighted by Crippen LogP contribution is -2.34. The fourth-order valence-corrected chi connectivity index (χ4v) is 2.45. The van der Waals surface area contributed by atoms with E-state index in [0.717, 1.165) is 6.42 Å². The Morgan fingerprint density at radius 3 is 2.81 bits per heavy atom. The first-order valence-corrected chi connectivity index (χ1v) is 7.20. The number of benzene rings is 1. The summed E-state index contributed by atoms with van der Waals surface area (Å²) in [6.07, 6.45) is 1.17. The van der Waals surface area contributed by atoms with Gasteiger partial charge >= 0.3 is 0 Å².